The molecule has 27 heavy (non-hydrogen) atoms. The molecule has 0 amide bonds. The maximum Gasteiger partial charge on any atom is 0.330 e. The summed E-state index contributed by atoms with van der Waals surface area (Å²) in [5, 5.41) is 20.5. The van der Waals surface area contributed by atoms with Gasteiger partial charge in [-0.15, -0.1) is 0 Å². The molecule has 0 radical (unpaired) electrons. The number of para-hydroxylation sites is 1. The second kappa shape index (κ2) is 8.30. The molecule has 11 heteroatoms. The number of nitrogens with zero attached hydrogens (tertiary/aromatic N) is 2. The second-order valence-electron chi connectivity index (χ2n) is 5.97. The van der Waals surface area contributed by atoms with Crippen LogP contribution in [0.4, 0.5) is 5.69 Å². The molecule has 0 saturated carbocycles. The lowest BCUT2D eigenvalue weighted by Gasteiger charge is -2.15. The third-order valence-corrected chi connectivity index (χ3v) is 7.07. The Labute approximate surface area is 161 Å². The van der Waals surface area contributed by atoms with E-state index in [1.807, 2.05) is 0 Å². The molecule has 9 nitrogen and oxygen atoms in total. The van der Waals surface area contributed by atoms with Crippen LogP contribution in [0.5, 0.6) is 0 Å². The van der Waals surface area contributed by atoms with Crippen molar-refractivity contribution in [3.63, 3.8) is 0 Å². The van der Waals surface area contributed by atoms with E-state index in [1.54, 1.807) is 25.1 Å². The lowest BCUT2D eigenvalue weighted by atomic mass is 10.2. The Balaban J connectivity index is 1.76. The molecule has 3 atom stereocenters. The highest BCUT2D eigenvalue weighted by molar-refractivity contribution is 8.77. The molecule has 1 aromatic heterocycles. The van der Waals surface area contributed by atoms with Crippen molar-refractivity contribution >= 4 is 27.3 Å². The largest absolute Gasteiger partial charge is 0.394 e. The summed E-state index contributed by atoms with van der Waals surface area (Å²) in [5.41, 5.74) is -0.641. The number of aryl methyl sites for hydroxylation is 1. The molecule has 1 aromatic carbocycles. The molecule has 2 heterocycles. The van der Waals surface area contributed by atoms with Gasteiger partial charge in [-0.05, 0) is 13.0 Å². The smallest absolute Gasteiger partial charge is 0.330 e. The first kappa shape index (κ1) is 19.7. The first-order valence-corrected chi connectivity index (χ1v) is 10.3. The predicted octanol–water partition coefficient (Wildman–Crippen LogP) is 1.84. The first-order chi connectivity index (χ1) is 12.9. The number of nitrogens with one attached hydrogen (secondary N) is 1. The summed E-state index contributed by atoms with van der Waals surface area (Å²) in [5.74, 6) is 0. The molecule has 0 spiro atoms. The van der Waals surface area contributed by atoms with Gasteiger partial charge in [0.1, 0.15) is 6.23 Å². The summed E-state index contributed by atoms with van der Waals surface area (Å²) in [7, 11) is 2.59. The number of aliphatic hydroxyl groups is 1. The molecule has 1 fully saturated rings. The number of aromatic amines is 1. The van der Waals surface area contributed by atoms with Gasteiger partial charge in [0.2, 0.25) is 0 Å². The lowest BCUT2D eigenvalue weighted by molar-refractivity contribution is -0.387. The van der Waals surface area contributed by atoms with Crippen molar-refractivity contribution in [1.82, 2.24) is 9.55 Å². The average molecular weight is 411 g/mol. The number of nitro benzene ring substituents is 1. The number of aliphatic hydroxyl groups excluding tert-OH is 1. The van der Waals surface area contributed by atoms with Crippen LogP contribution in [0.2, 0.25) is 0 Å². The molecule has 2 aromatic rings. The number of H-pyrrole nitrogens is 1. The van der Waals surface area contributed by atoms with E-state index in [0.29, 0.717) is 16.9 Å². The van der Waals surface area contributed by atoms with Crippen LogP contribution in [0.25, 0.3) is 0 Å². The van der Waals surface area contributed by atoms with E-state index in [4.69, 9.17) is 4.74 Å². The van der Waals surface area contributed by atoms with Crippen molar-refractivity contribution in [2.75, 3.05) is 6.61 Å². The number of hydrogen-bond acceptors (Lipinski definition) is 8. The molecular formula is C16H17N3O6S2. The number of hydrogen-bond donors (Lipinski definition) is 2. The fourth-order valence-corrected chi connectivity index (χ4v) is 5.55. The average Bonchev–Trinajstić information content (AvgIpc) is 3.06. The molecule has 0 bridgehead atoms. The van der Waals surface area contributed by atoms with Crippen LogP contribution in [0.3, 0.4) is 0 Å². The second-order valence-corrected chi connectivity index (χ2v) is 8.45. The molecule has 0 aliphatic carbocycles. The van der Waals surface area contributed by atoms with Gasteiger partial charge in [0.15, 0.2) is 0 Å². The van der Waals surface area contributed by atoms with Crippen molar-refractivity contribution in [3.05, 3.63) is 67.0 Å². The van der Waals surface area contributed by atoms with E-state index in [2.05, 4.69) is 4.98 Å². The number of benzene rings is 1. The van der Waals surface area contributed by atoms with Crippen LogP contribution in [0, 0.1) is 17.0 Å². The van der Waals surface area contributed by atoms with E-state index >= 15 is 0 Å². The van der Waals surface area contributed by atoms with Gasteiger partial charge in [-0.2, -0.15) is 0 Å². The summed E-state index contributed by atoms with van der Waals surface area (Å²) in [6, 6.07) is 6.41. The number of rotatable bonds is 6. The molecule has 1 aliphatic rings. The Morgan fingerprint density at radius 2 is 2.15 bits per heavy atom. The zero-order valence-corrected chi connectivity index (χ0v) is 15.9. The Kier molecular flexibility index (Phi) is 6.05. The van der Waals surface area contributed by atoms with E-state index in [-0.39, 0.29) is 17.5 Å². The summed E-state index contributed by atoms with van der Waals surface area (Å²) < 4.78 is 7.08. The Morgan fingerprint density at radius 1 is 1.41 bits per heavy atom. The van der Waals surface area contributed by atoms with Crippen molar-refractivity contribution < 1.29 is 14.8 Å². The van der Waals surface area contributed by atoms with Crippen molar-refractivity contribution in [1.29, 1.82) is 0 Å². The third-order valence-electron chi connectivity index (χ3n) is 4.14. The minimum absolute atomic E-state index is 0.0125. The summed E-state index contributed by atoms with van der Waals surface area (Å²) >= 11 is 0. The third kappa shape index (κ3) is 4.26. The summed E-state index contributed by atoms with van der Waals surface area (Å²) in [4.78, 5) is 37.0. The molecule has 0 unspecified atom stereocenters. The van der Waals surface area contributed by atoms with Gasteiger partial charge in [-0.3, -0.25) is 24.5 Å². The highest BCUT2D eigenvalue weighted by Crippen LogP contribution is 2.45. The standard InChI is InChI=1S/C16H17N3O6S2/c1-9-7-18(16(22)17-15(9)21)14-6-13(11(8-20)25-14)27-26-12-5-3-2-4-10(12)19(23)24/h2-5,7,11,13-14,20H,6,8H2,1H3,(H,17,21,22)/t11-,13-,14-/m1/s1. The monoisotopic (exact) mass is 411 g/mol. The van der Waals surface area contributed by atoms with Crippen LogP contribution in [-0.4, -0.2) is 37.5 Å². The molecule has 3 rings (SSSR count). The van der Waals surface area contributed by atoms with Gasteiger partial charge in [-0.25, -0.2) is 4.79 Å². The van der Waals surface area contributed by atoms with Gasteiger partial charge < -0.3 is 9.84 Å². The molecule has 1 saturated heterocycles. The lowest BCUT2D eigenvalue weighted by Crippen LogP contribution is -2.33. The Bertz CT molecular complexity index is 960. The highest BCUT2D eigenvalue weighted by Gasteiger charge is 2.37. The van der Waals surface area contributed by atoms with Crippen molar-refractivity contribution in [3.8, 4) is 0 Å². The molecule has 1 aliphatic heterocycles. The molecular weight excluding hydrogens is 394 g/mol. The maximum absolute atomic E-state index is 12.1. The van der Waals surface area contributed by atoms with Crippen LogP contribution in [-0.2, 0) is 4.74 Å². The predicted molar refractivity (Wildman–Crippen MR) is 102 cm³/mol. The van der Waals surface area contributed by atoms with Crippen LogP contribution in [0.15, 0.2) is 44.9 Å². The normalized spacial score (nSPS) is 22.1. The summed E-state index contributed by atoms with van der Waals surface area (Å²) in [6.07, 6.45) is 0.681. The van der Waals surface area contributed by atoms with Gasteiger partial charge in [0, 0.05) is 29.5 Å². The zero-order valence-electron chi connectivity index (χ0n) is 14.2. The van der Waals surface area contributed by atoms with Gasteiger partial charge >= 0.3 is 5.69 Å². The number of aromatic nitrogens is 2. The molecule has 144 valence electrons. The fraction of sp³-hybridized carbons (Fsp3) is 0.375. The highest BCUT2D eigenvalue weighted by atomic mass is 33.1. The maximum atomic E-state index is 12.1. The summed E-state index contributed by atoms with van der Waals surface area (Å²) in [6.45, 7) is 1.34. The van der Waals surface area contributed by atoms with Crippen LogP contribution < -0.4 is 11.2 Å². The molecule has 2 N–H and O–H groups in total. The fourth-order valence-electron chi connectivity index (χ4n) is 2.73. The Hall–Kier alpha value is -2.08. The van der Waals surface area contributed by atoms with E-state index < -0.39 is 28.5 Å². The van der Waals surface area contributed by atoms with Crippen LogP contribution in [0.1, 0.15) is 18.2 Å². The van der Waals surface area contributed by atoms with Gasteiger partial charge in [0.25, 0.3) is 11.2 Å². The minimum Gasteiger partial charge on any atom is -0.394 e. The van der Waals surface area contributed by atoms with Gasteiger partial charge in [-0.1, -0.05) is 33.7 Å². The zero-order chi connectivity index (χ0) is 19.6. The first-order valence-electron chi connectivity index (χ1n) is 8.06. The van der Waals surface area contributed by atoms with E-state index in [0.717, 1.165) is 0 Å². The van der Waals surface area contributed by atoms with E-state index in [1.165, 1.54) is 38.4 Å². The number of nitro groups is 1. The Morgan fingerprint density at radius 3 is 2.85 bits per heavy atom. The SMILES string of the molecule is Cc1cn([C@H]2C[C@@H](SSc3ccccc3[N+](=O)[O-])[C@@H](CO)O2)c(=O)[nH]c1=O. The topological polar surface area (TPSA) is 127 Å². The van der Waals surface area contributed by atoms with E-state index in [9.17, 15) is 24.8 Å². The van der Waals surface area contributed by atoms with Gasteiger partial charge in [0.05, 0.1) is 22.5 Å². The quantitative estimate of drug-likeness (QED) is 0.419. The number of ether oxygens (including phenoxy) is 1. The van der Waals surface area contributed by atoms with Crippen molar-refractivity contribution in [2.24, 2.45) is 0 Å². The van der Waals surface area contributed by atoms with Crippen molar-refractivity contribution in [2.45, 2.75) is 35.8 Å². The van der Waals surface area contributed by atoms with Crippen LogP contribution >= 0.6 is 21.6 Å². The minimum atomic E-state index is -0.631.